The van der Waals surface area contributed by atoms with Crippen LogP contribution < -0.4 is 10.5 Å². The normalized spacial score (nSPS) is 13.8. The molecule has 0 bridgehead atoms. The van der Waals surface area contributed by atoms with Gasteiger partial charge in [0.25, 0.3) is 0 Å². The fourth-order valence-corrected chi connectivity index (χ4v) is 4.76. The molecule has 192 valence electrons. The van der Waals surface area contributed by atoms with Gasteiger partial charge in [-0.25, -0.2) is 15.0 Å². The van der Waals surface area contributed by atoms with Gasteiger partial charge >= 0.3 is 0 Å². The standard InChI is InChI=1S/C29H29N7O2/c1-4-25(37)35-15-11-20(12-16-35)5-10-23-26(27-28(30)33-18-34-29(27)36(23)19(2)3)21-6-8-22(9-7-21)38-24-17-31-13-14-32-24/h4,6-9,13-14,17-20H,1,11-12,15-16H2,2-3H3,(H2,30,33,34). The lowest BCUT2D eigenvalue weighted by Crippen LogP contribution is -2.37. The van der Waals surface area contributed by atoms with E-state index in [9.17, 15) is 4.79 Å². The van der Waals surface area contributed by atoms with Crippen molar-refractivity contribution in [1.82, 2.24) is 29.4 Å². The number of ether oxygens (including phenoxy) is 1. The summed E-state index contributed by atoms with van der Waals surface area (Å²) < 4.78 is 7.95. The smallest absolute Gasteiger partial charge is 0.245 e. The van der Waals surface area contributed by atoms with Crippen LogP contribution in [0, 0.1) is 17.8 Å². The van der Waals surface area contributed by atoms with Gasteiger partial charge in [0.2, 0.25) is 11.8 Å². The van der Waals surface area contributed by atoms with E-state index in [0.29, 0.717) is 30.5 Å². The number of amides is 1. The van der Waals surface area contributed by atoms with Gasteiger partial charge in [-0.2, -0.15) is 0 Å². The molecule has 4 aromatic rings. The summed E-state index contributed by atoms with van der Waals surface area (Å²) in [6, 6.07) is 7.80. The van der Waals surface area contributed by atoms with Crippen molar-refractivity contribution in [3.05, 3.63) is 67.5 Å². The lowest BCUT2D eigenvalue weighted by atomic mass is 9.96. The minimum atomic E-state index is -0.0283. The van der Waals surface area contributed by atoms with Gasteiger partial charge in [0.15, 0.2) is 0 Å². The fourth-order valence-electron chi connectivity index (χ4n) is 4.76. The van der Waals surface area contributed by atoms with Crippen molar-refractivity contribution in [2.45, 2.75) is 32.7 Å². The molecule has 0 radical (unpaired) electrons. The largest absolute Gasteiger partial charge is 0.438 e. The molecule has 5 rings (SSSR count). The molecule has 38 heavy (non-hydrogen) atoms. The van der Waals surface area contributed by atoms with Gasteiger partial charge in [-0.05, 0) is 56.4 Å². The van der Waals surface area contributed by atoms with Crippen LogP contribution in [0.3, 0.4) is 0 Å². The number of anilines is 1. The van der Waals surface area contributed by atoms with Crippen LogP contribution in [0.2, 0.25) is 0 Å². The van der Waals surface area contributed by atoms with Crippen molar-refractivity contribution in [3.63, 3.8) is 0 Å². The second kappa shape index (κ2) is 10.7. The highest BCUT2D eigenvalue weighted by atomic mass is 16.5. The number of hydrogen-bond donors (Lipinski definition) is 1. The molecule has 9 nitrogen and oxygen atoms in total. The van der Waals surface area contributed by atoms with E-state index in [1.807, 2.05) is 29.2 Å². The van der Waals surface area contributed by atoms with Crippen molar-refractivity contribution in [3.8, 4) is 34.6 Å². The first-order chi connectivity index (χ1) is 18.5. The number of nitrogens with zero attached hydrogens (tertiary/aromatic N) is 6. The molecule has 0 saturated carbocycles. The predicted octanol–water partition coefficient (Wildman–Crippen LogP) is 4.62. The minimum absolute atomic E-state index is 0.0283. The Hall–Kier alpha value is -4.71. The Morgan fingerprint density at radius 3 is 2.58 bits per heavy atom. The molecule has 1 aliphatic rings. The topological polar surface area (TPSA) is 112 Å². The van der Waals surface area contributed by atoms with E-state index in [2.05, 4.69) is 56.8 Å². The second-order valence-corrected chi connectivity index (χ2v) is 9.39. The number of nitrogens with two attached hydrogens (primary N) is 1. The zero-order valence-corrected chi connectivity index (χ0v) is 21.5. The molecule has 0 spiro atoms. The van der Waals surface area contributed by atoms with Crippen molar-refractivity contribution >= 4 is 22.8 Å². The maximum absolute atomic E-state index is 12.0. The number of carbonyl (C=O) groups is 1. The molecule has 0 unspecified atom stereocenters. The highest BCUT2D eigenvalue weighted by Crippen LogP contribution is 2.39. The zero-order chi connectivity index (χ0) is 26.6. The molecule has 1 saturated heterocycles. The van der Waals surface area contributed by atoms with Crippen molar-refractivity contribution in [2.75, 3.05) is 18.8 Å². The molecular weight excluding hydrogens is 478 g/mol. The van der Waals surface area contributed by atoms with Gasteiger partial charge in [-0.3, -0.25) is 9.78 Å². The summed E-state index contributed by atoms with van der Waals surface area (Å²) >= 11 is 0. The molecule has 2 N–H and O–H groups in total. The summed E-state index contributed by atoms with van der Waals surface area (Å²) in [6.07, 6.45) is 9.24. The SMILES string of the molecule is C=CC(=O)N1CCC(C#Cc2c(-c3ccc(Oc4cnccn4)cc3)c3c(N)ncnc3n2C(C)C)CC1. The molecule has 3 aromatic heterocycles. The molecule has 1 aromatic carbocycles. The Labute approximate surface area is 221 Å². The third kappa shape index (κ3) is 4.93. The molecule has 4 heterocycles. The number of benzene rings is 1. The minimum Gasteiger partial charge on any atom is -0.438 e. The maximum atomic E-state index is 12.0. The lowest BCUT2D eigenvalue weighted by molar-refractivity contribution is -0.127. The van der Waals surface area contributed by atoms with Crippen LogP contribution in [-0.4, -0.2) is 48.4 Å². The highest BCUT2D eigenvalue weighted by molar-refractivity contribution is 6.03. The fraction of sp³-hybridized carbons (Fsp3) is 0.276. The van der Waals surface area contributed by atoms with Crippen LogP contribution in [0.5, 0.6) is 11.6 Å². The summed E-state index contributed by atoms with van der Waals surface area (Å²) in [5.41, 5.74) is 9.82. The zero-order valence-electron chi connectivity index (χ0n) is 21.5. The average Bonchev–Trinajstić information content (AvgIpc) is 3.28. The van der Waals surface area contributed by atoms with Crippen LogP contribution in [-0.2, 0) is 4.79 Å². The van der Waals surface area contributed by atoms with E-state index in [1.165, 1.54) is 12.4 Å². The number of likely N-dealkylation sites (tertiary alicyclic amines) is 1. The third-order valence-electron chi connectivity index (χ3n) is 6.61. The number of carbonyl (C=O) groups excluding carboxylic acids is 1. The molecule has 1 amide bonds. The number of piperidine rings is 1. The van der Waals surface area contributed by atoms with E-state index >= 15 is 0 Å². The van der Waals surface area contributed by atoms with Crippen LogP contribution in [0.1, 0.15) is 38.4 Å². The predicted molar refractivity (Wildman–Crippen MR) is 146 cm³/mol. The molecule has 1 fully saturated rings. The lowest BCUT2D eigenvalue weighted by Gasteiger charge is -2.28. The van der Waals surface area contributed by atoms with Crippen molar-refractivity contribution < 1.29 is 9.53 Å². The van der Waals surface area contributed by atoms with Crippen LogP contribution in [0.25, 0.3) is 22.2 Å². The van der Waals surface area contributed by atoms with Gasteiger partial charge < -0.3 is 19.9 Å². The number of aromatic nitrogens is 5. The highest BCUT2D eigenvalue weighted by Gasteiger charge is 2.24. The molecule has 9 heteroatoms. The first-order valence-corrected chi connectivity index (χ1v) is 12.6. The Kier molecular flexibility index (Phi) is 7.05. The Balaban J connectivity index is 1.55. The van der Waals surface area contributed by atoms with Gasteiger partial charge in [-0.15, -0.1) is 0 Å². The van der Waals surface area contributed by atoms with E-state index in [-0.39, 0.29) is 17.9 Å². The summed E-state index contributed by atoms with van der Waals surface area (Å²) in [4.78, 5) is 30.9. The summed E-state index contributed by atoms with van der Waals surface area (Å²) in [5.74, 6) is 8.58. The molecular formula is C29H29N7O2. The van der Waals surface area contributed by atoms with Gasteiger partial charge in [-0.1, -0.05) is 24.6 Å². The number of fused-ring (bicyclic) bond motifs is 1. The summed E-state index contributed by atoms with van der Waals surface area (Å²) in [7, 11) is 0. The Bertz CT molecular complexity index is 1520. The third-order valence-corrected chi connectivity index (χ3v) is 6.61. The van der Waals surface area contributed by atoms with Gasteiger partial charge in [0.1, 0.15) is 29.2 Å². The number of nitrogen functional groups attached to an aromatic ring is 1. The van der Waals surface area contributed by atoms with E-state index < -0.39 is 0 Å². The monoisotopic (exact) mass is 507 g/mol. The summed E-state index contributed by atoms with van der Waals surface area (Å²) in [5, 5.41) is 0.777. The van der Waals surface area contributed by atoms with E-state index in [4.69, 9.17) is 10.5 Å². The van der Waals surface area contributed by atoms with Crippen molar-refractivity contribution in [1.29, 1.82) is 0 Å². The number of rotatable bonds is 5. The van der Waals surface area contributed by atoms with E-state index in [0.717, 1.165) is 40.7 Å². The molecule has 0 atom stereocenters. The quantitative estimate of drug-likeness (QED) is 0.310. The Morgan fingerprint density at radius 1 is 1.16 bits per heavy atom. The van der Waals surface area contributed by atoms with Crippen LogP contribution in [0.15, 0.2) is 61.8 Å². The van der Waals surface area contributed by atoms with Crippen LogP contribution >= 0.6 is 0 Å². The molecule has 1 aliphatic heterocycles. The second-order valence-electron chi connectivity index (χ2n) is 9.39. The van der Waals surface area contributed by atoms with Crippen LogP contribution in [0.4, 0.5) is 5.82 Å². The van der Waals surface area contributed by atoms with Crippen molar-refractivity contribution in [2.24, 2.45) is 5.92 Å². The van der Waals surface area contributed by atoms with Gasteiger partial charge in [0.05, 0.1) is 11.6 Å². The number of hydrogen-bond acceptors (Lipinski definition) is 7. The first-order valence-electron chi connectivity index (χ1n) is 12.6. The first kappa shape index (κ1) is 25.0. The Morgan fingerprint density at radius 2 is 1.92 bits per heavy atom. The van der Waals surface area contributed by atoms with E-state index in [1.54, 1.807) is 18.6 Å². The molecule has 0 aliphatic carbocycles. The average molecular weight is 508 g/mol. The van der Waals surface area contributed by atoms with Gasteiger partial charge in [0, 0.05) is 43.0 Å². The maximum Gasteiger partial charge on any atom is 0.245 e. The summed E-state index contributed by atoms with van der Waals surface area (Å²) in [6.45, 7) is 9.15.